The number of halogens is 2. The van der Waals surface area contributed by atoms with E-state index < -0.39 is 21.8 Å². The molecule has 1 aliphatic rings. The maximum atomic E-state index is 13.1. The van der Waals surface area contributed by atoms with Crippen LogP contribution in [0.25, 0.3) is 0 Å². The molecule has 0 unspecified atom stereocenters. The fourth-order valence-corrected chi connectivity index (χ4v) is 3.80. The molecular formula is C12H13ClFNO4S. The molecule has 1 saturated carbocycles. The van der Waals surface area contributed by atoms with Gasteiger partial charge < -0.3 is 5.11 Å². The van der Waals surface area contributed by atoms with Gasteiger partial charge in [0.05, 0.1) is 16.3 Å². The molecular weight excluding hydrogens is 309 g/mol. The van der Waals surface area contributed by atoms with E-state index in [0.717, 1.165) is 22.5 Å². The molecule has 2 rings (SSSR count). The van der Waals surface area contributed by atoms with Gasteiger partial charge in [-0.25, -0.2) is 12.8 Å². The van der Waals surface area contributed by atoms with E-state index >= 15 is 0 Å². The second-order valence-electron chi connectivity index (χ2n) is 4.57. The van der Waals surface area contributed by atoms with Gasteiger partial charge in [-0.3, -0.25) is 4.79 Å². The second-order valence-corrected chi connectivity index (χ2v) is 6.86. The first-order valence-corrected chi connectivity index (χ1v) is 7.83. The van der Waals surface area contributed by atoms with Gasteiger partial charge in [-0.1, -0.05) is 11.6 Å². The van der Waals surface area contributed by atoms with Crippen LogP contribution >= 0.6 is 11.6 Å². The van der Waals surface area contributed by atoms with Crippen molar-refractivity contribution in [1.29, 1.82) is 0 Å². The van der Waals surface area contributed by atoms with Gasteiger partial charge in [-0.15, -0.1) is 0 Å². The van der Waals surface area contributed by atoms with E-state index in [4.69, 9.17) is 16.7 Å². The number of carboxylic acid groups (broad SMARTS) is 1. The average Bonchev–Trinajstić information content (AvgIpc) is 3.16. The molecule has 1 N–H and O–H groups in total. The van der Waals surface area contributed by atoms with Crippen LogP contribution in [-0.4, -0.2) is 36.4 Å². The van der Waals surface area contributed by atoms with Crippen molar-refractivity contribution in [2.75, 3.05) is 6.54 Å². The van der Waals surface area contributed by atoms with Crippen molar-refractivity contribution >= 4 is 27.6 Å². The van der Waals surface area contributed by atoms with Crippen LogP contribution < -0.4 is 0 Å². The molecule has 0 saturated heterocycles. The fourth-order valence-electron chi connectivity index (χ4n) is 1.84. The number of hydrogen-bond acceptors (Lipinski definition) is 3. The van der Waals surface area contributed by atoms with E-state index in [1.807, 2.05) is 0 Å². The molecule has 0 amide bonds. The minimum absolute atomic E-state index is 0.0999. The Morgan fingerprint density at radius 2 is 2.10 bits per heavy atom. The molecule has 110 valence electrons. The maximum Gasteiger partial charge on any atom is 0.304 e. The third kappa shape index (κ3) is 3.28. The molecule has 1 aliphatic carbocycles. The molecule has 0 heterocycles. The standard InChI is InChI=1S/C12H13ClFNO4S/c13-10-7-9(3-4-11(10)14)20(18,19)15(8-1-2-8)6-5-12(16)17/h3-4,7-8H,1-2,5-6H2,(H,16,17). The lowest BCUT2D eigenvalue weighted by Crippen LogP contribution is -2.35. The van der Waals surface area contributed by atoms with E-state index in [9.17, 15) is 17.6 Å². The molecule has 0 aliphatic heterocycles. The Morgan fingerprint density at radius 3 is 2.60 bits per heavy atom. The number of sulfonamides is 1. The van der Waals surface area contributed by atoms with Gasteiger partial charge in [0.15, 0.2) is 0 Å². The second kappa shape index (κ2) is 5.67. The first-order chi connectivity index (χ1) is 9.32. The van der Waals surface area contributed by atoms with E-state index in [1.54, 1.807) is 0 Å². The van der Waals surface area contributed by atoms with Crippen molar-refractivity contribution in [2.24, 2.45) is 0 Å². The molecule has 1 fully saturated rings. The molecule has 8 heteroatoms. The lowest BCUT2D eigenvalue weighted by Gasteiger charge is -2.21. The lowest BCUT2D eigenvalue weighted by atomic mass is 10.3. The van der Waals surface area contributed by atoms with Crippen molar-refractivity contribution in [1.82, 2.24) is 4.31 Å². The molecule has 20 heavy (non-hydrogen) atoms. The van der Waals surface area contributed by atoms with Gasteiger partial charge in [0, 0.05) is 12.6 Å². The van der Waals surface area contributed by atoms with E-state index in [2.05, 4.69) is 0 Å². The summed E-state index contributed by atoms with van der Waals surface area (Å²) in [5.74, 6) is -1.77. The summed E-state index contributed by atoms with van der Waals surface area (Å²) in [7, 11) is -3.85. The number of carboxylic acids is 1. The topological polar surface area (TPSA) is 74.7 Å². The average molecular weight is 322 g/mol. The van der Waals surface area contributed by atoms with E-state index in [-0.39, 0.29) is 28.9 Å². The quantitative estimate of drug-likeness (QED) is 0.870. The Labute approximate surface area is 121 Å². The Morgan fingerprint density at radius 1 is 1.45 bits per heavy atom. The lowest BCUT2D eigenvalue weighted by molar-refractivity contribution is -0.137. The normalized spacial score (nSPS) is 15.6. The Hall–Kier alpha value is -1.18. The third-order valence-electron chi connectivity index (χ3n) is 3.00. The van der Waals surface area contributed by atoms with Gasteiger partial charge in [0.25, 0.3) is 0 Å². The summed E-state index contributed by atoms with van der Waals surface area (Å²) in [5.41, 5.74) is 0. The predicted molar refractivity (Wildman–Crippen MR) is 70.6 cm³/mol. The number of nitrogens with zero attached hydrogens (tertiary/aromatic N) is 1. The molecule has 0 radical (unpaired) electrons. The van der Waals surface area contributed by atoms with Gasteiger partial charge in [0.1, 0.15) is 5.82 Å². The summed E-state index contributed by atoms with van der Waals surface area (Å²) in [5, 5.41) is 8.41. The van der Waals surface area contributed by atoms with Crippen LogP contribution in [0.1, 0.15) is 19.3 Å². The zero-order valence-corrected chi connectivity index (χ0v) is 12.0. The number of hydrogen-bond donors (Lipinski definition) is 1. The minimum Gasteiger partial charge on any atom is -0.481 e. The van der Waals surface area contributed by atoms with Gasteiger partial charge in [-0.05, 0) is 31.0 Å². The highest BCUT2D eigenvalue weighted by Gasteiger charge is 2.38. The molecule has 0 spiro atoms. The summed E-state index contributed by atoms with van der Waals surface area (Å²) >= 11 is 5.60. The maximum absolute atomic E-state index is 13.1. The Bertz CT molecular complexity index is 630. The number of aliphatic carboxylic acids is 1. The zero-order chi connectivity index (χ0) is 14.9. The number of benzene rings is 1. The van der Waals surface area contributed by atoms with Gasteiger partial charge in [0.2, 0.25) is 10.0 Å². The zero-order valence-electron chi connectivity index (χ0n) is 10.4. The van der Waals surface area contributed by atoms with Crippen molar-refractivity contribution < 1.29 is 22.7 Å². The predicted octanol–water partition coefficient (Wildman–Crippen LogP) is 2.11. The van der Waals surface area contributed by atoms with Crippen molar-refractivity contribution in [3.8, 4) is 0 Å². The molecule has 1 aromatic rings. The summed E-state index contributed by atoms with van der Waals surface area (Å²) in [6.07, 6.45) is 1.13. The molecule has 0 atom stereocenters. The van der Waals surface area contributed by atoms with Crippen LogP contribution in [0.2, 0.25) is 5.02 Å². The third-order valence-corrected chi connectivity index (χ3v) is 5.24. The first kappa shape index (κ1) is 15.2. The Balaban J connectivity index is 2.29. The minimum atomic E-state index is -3.85. The Kier molecular flexibility index (Phi) is 4.31. The SMILES string of the molecule is O=C(O)CCN(C1CC1)S(=O)(=O)c1ccc(F)c(Cl)c1. The highest BCUT2D eigenvalue weighted by molar-refractivity contribution is 7.89. The van der Waals surface area contributed by atoms with Gasteiger partial charge in [-0.2, -0.15) is 4.31 Å². The smallest absolute Gasteiger partial charge is 0.304 e. The van der Waals surface area contributed by atoms with Crippen molar-refractivity contribution in [3.63, 3.8) is 0 Å². The van der Waals surface area contributed by atoms with Crippen LogP contribution in [0.5, 0.6) is 0 Å². The largest absolute Gasteiger partial charge is 0.481 e. The van der Waals surface area contributed by atoms with Crippen LogP contribution in [0.4, 0.5) is 4.39 Å². The molecule has 0 bridgehead atoms. The summed E-state index contributed by atoms with van der Waals surface area (Å²) in [4.78, 5) is 10.5. The van der Waals surface area contributed by atoms with Crippen LogP contribution in [0, 0.1) is 5.82 Å². The monoisotopic (exact) mass is 321 g/mol. The van der Waals surface area contributed by atoms with E-state index in [1.165, 1.54) is 0 Å². The van der Waals surface area contributed by atoms with E-state index in [0.29, 0.717) is 12.8 Å². The summed E-state index contributed by atoms with van der Waals surface area (Å²) < 4.78 is 39.1. The molecule has 0 aromatic heterocycles. The molecule has 1 aromatic carbocycles. The fraction of sp³-hybridized carbons (Fsp3) is 0.417. The highest BCUT2D eigenvalue weighted by atomic mass is 35.5. The van der Waals surface area contributed by atoms with Crippen LogP contribution in [0.15, 0.2) is 23.1 Å². The van der Waals surface area contributed by atoms with Crippen molar-refractivity contribution in [2.45, 2.75) is 30.2 Å². The molecule has 5 nitrogen and oxygen atoms in total. The van der Waals surface area contributed by atoms with Crippen LogP contribution in [-0.2, 0) is 14.8 Å². The first-order valence-electron chi connectivity index (χ1n) is 6.01. The summed E-state index contributed by atoms with van der Waals surface area (Å²) in [6, 6.07) is 2.98. The number of carbonyl (C=O) groups is 1. The van der Waals surface area contributed by atoms with Crippen LogP contribution in [0.3, 0.4) is 0 Å². The van der Waals surface area contributed by atoms with Gasteiger partial charge >= 0.3 is 5.97 Å². The highest BCUT2D eigenvalue weighted by Crippen LogP contribution is 2.33. The number of rotatable bonds is 6. The summed E-state index contributed by atoms with van der Waals surface area (Å²) in [6.45, 7) is -0.0999. The van der Waals surface area contributed by atoms with Crippen molar-refractivity contribution in [3.05, 3.63) is 29.0 Å².